The molecule has 0 radical (unpaired) electrons. The Hall–Kier alpha value is -2.64. The Morgan fingerprint density at radius 2 is 1.91 bits per heavy atom. The molecular weight excluding hydrogens is 301 g/mol. The number of halogens is 2. The predicted octanol–water partition coefficient (Wildman–Crippen LogP) is 3.77. The lowest BCUT2D eigenvalue weighted by atomic mass is 10.2. The Bertz CT molecular complexity index is 873. The van der Waals surface area contributed by atoms with E-state index in [-0.39, 0.29) is 5.82 Å². The van der Waals surface area contributed by atoms with Crippen LogP contribution in [0, 0.1) is 24.6 Å². The summed E-state index contributed by atoms with van der Waals surface area (Å²) in [5.41, 5.74) is 2.25. The average molecular weight is 312 g/mol. The van der Waals surface area contributed by atoms with Gasteiger partial charge in [0.25, 0.3) is 0 Å². The Morgan fingerprint density at radius 1 is 1.14 bits per heavy atom. The summed E-state index contributed by atoms with van der Waals surface area (Å²) in [4.78, 5) is 8.30. The molecule has 0 spiro atoms. The van der Waals surface area contributed by atoms with Crippen molar-refractivity contribution in [2.24, 2.45) is 0 Å². The van der Waals surface area contributed by atoms with Crippen molar-refractivity contribution < 1.29 is 4.39 Å². The minimum Gasteiger partial charge on any atom is -0.303 e. The number of hydrogen-bond acceptors (Lipinski definition) is 2. The normalized spacial score (nSPS) is 10.1. The summed E-state index contributed by atoms with van der Waals surface area (Å²) < 4.78 is 14.9. The van der Waals surface area contributed by atoms with Gasteiger partial charge in [-0.3, -0.25) is 0 Å². The summed E-state index contributed by atoms with van der Waals surface area (Å²) >= 11 is 5.82. The summed E-state index contributed by atoms with van der Waals surface area (Å²) in [5.74, 6) is 6.49. The van der Waals surface area contributed by atoms with E-state index in [1.807, 2.05) is 17.7 Å². The quantitative estimate of drug-likeness (QED) is 0.506. The summed E-state index contributed by atoms with van der Waals surface area (Å²) in [7, 11) is 0. The van der Waals surface area contributed by atoms with Crippen LogP contribution in [0.15, 0.2) is 48.8 Å². The van der Waals surface area contributed by atoms with E-state index in [0.29, 0.717) is 10.8 Å². The maximum absolute atomic E-state index is 13.0. The first kappa shape index (κ1) is 14.3. The first-order chi connectivity index (χ1) is 10.6. The van der Waals surface area contributed by atoms with E-state index in [2.05, 4.69) is 21.8 Å². The number of rotatable bonds is 1. The molecule has 108 valence electrons. The van der Waals surface area contributed by atoms with Crippen LogP contribution < -0.4 is 0 Å². The molecule has 0 bridgehead atoms. The summed E-state index contributed by atoms with van der Waals surface area (Å²) in [6, 6.07) is 9.70. The molecule has 0 amide bonds. The SMILES string of the molecule is Cc1nc(C#Cc2ccnc(Cl)c2)cn1-c1ccc(F)cc1. The van der Waals surface area contributed by atoms with Gasteiger partial charge in [0.15, 0.2) is 0 Å². The van der Waals surface area contributed by atoms with Crippen LogP contribution >= 0.6 is 11.6 Å². The van der Waals surface area contributed by atoms with E-state index in [1.54, 1.807) is 30.5 Å². The molecule has 0 fully saturated rings. The molecule has 0 saturated heterocycles. The molecule has 1 aromatic carbocycles. The minimum atomic E-state index is -0.268. The average Bonchev–Trinajstić information content (AvgIpc) is 2.87. The van der Waals surface area contributed by atoms with Crippen molar-refractivity contribution in [3.05, 3.63) is 76.8 Å². The van der Waals surface area contributed by atoms with Gasteiger partial charge in [0, 0.05) is 23.6 Å². The van der Waals surface area contributed by atoms with Crippen LogP contribution in [0.2, 0.25) is 5.15 Å². The molecule has 0 aliphatic heterocycles. The van der Waals surface area contributed by atoms with Crippen LogP contribution in [-0.2, 0) is 0 Å². The van der Waals surface area contributed by atoms with Crippen LogP contribution in [0.1, 0.15) is 17.1 Å². The van der Waals surface area contributed by atoms with Crippen molar-refractivity contribution in [2.45, 2.75) is 6.92 Å². The molecule has 0 aliphatic rings. The molecule has 0 atom stereocenters. The number of pyridine rings is 1. The fourth-order valence-electron chi connectivity index (χ4n) is 2.01. The third kappa shape index (κ3) is 3.16. The van der Waals surface area contributed by atoms with Gasteiger partial charge < -0.3 is 4.57 Å². The third-order valence-electron chi connectivity index (χ3n) is 3.05. The summed E-state index contributed by atoms with van der Waals surface area (Å²) in [6.45, 7) is 1.87. The number of hydrogen-bond donors (Lipinski definition) is 0. The van der Waals surface area contributed by atoms with Crippen molar-refractivity contribution in [1.29, 1.82) is 0 Å². The largest absolute Gasteiger partial charge is 0.303 e. The lowest BCUT2D eigenvalue weighted by molar-refractivity contribution is 0.627. The number of benzene rings is 1. The number of aromatic nitrogens is 3. The van der Waals surface area contributed by atoms with Gasteiger partial charge in [-0.05, 0) is 49.2 Å². The van der Waals surface area contributed by atoms with Crippen LogP contribution in [-0.4, -0.2) is 14.5 Å². The zero-order valence-corrected chi connectivity index (χ0v) is 12.5. The van der Waals surface area contributed by atoms with Crippen molar-refractivity contribution in [2.75, 3.05) is 0 Å². The van der Waals surface area contributed by atoms with Gasteiger partial charge in [0.2, 0.25) is 0 Å². The molecule has 5 heteroatoms. The molecule has 2 aromatic heterocycles. The van der Waals surface area contributed by atoms with Crippen LogP contribution in [0.4, 0.5) is 4.39 Å². The monoisotopic (exact) mass is 311 g/mol. The Labute approximate surface area is 132 Å². The second kappa shape index (κ2) is 6.00. The maximum atomic E-state index is 13.0. The molecule has 3 aromatic rings. The van der Waals surface area contributed by atoms with Gasteiger partial charge in [-0.15, -0.1) is 0 Å². The molecule has 3 nitrogen and oxygen atoms in total. The lowest BCUT2D eigenvalue weighted by Crippen LogP contribution is -1.94. The van der Waals surface area contributed by atoms with Crippen LogP contribution in [0.5, 0.6) is 0 Å². The van der Waals surface area contributed by atoms with Gasteiger partial charge >= 0.3 is 0 Å². The third-order valence-corrected chi connectivity index (χ3v) is 3.26. The first-order valence-electron chi connectivity index (χ1n) is 6.57. The van der Waals surface area contributed by atoms with Gasteiger partial charge in [-0.2, -0.15) is 0 Å². The molecule has 0 saturated carbocycles. The maximum Gasteiger partial charge on any atom is 0.132 e. The second-order valence-corrected chi connectivity index (χ2v) is 5.02. The number of aryl methyl sites for hydroxylation is 1. The predicted molar refractivity (Wildman–Crippen MR) is 83.5 cm³/mol. The molecular formula is C17H11ClFN3. The van der Waals surface area contributed by atoms with Crippen molar-refractivity contribution in [3.63, 3.8) is 0 Å². The fourth-order valence-corrected chi connectivity index (χ4v) is 2.19. The van der Waals surface area contributed by atoms with Gasteiger partial charge in [-0.25, -0.2) is 14.4 Å². The fraction of sp³-hybridized carbons (Fsp3) is 0.0588. The number of imidazole rings is 1. The van der Waals surface area contributed by atoms with Crippen LogP contribution in [0.25, 0.3) is 5.69 Å². The molecule has 0 unspecified atom stereocenters. The topological polar surface area (TPSA) is 30.7 Å². The van der Waals surface area contributed by atoms with E-state index >= 15 is 0 Å². The minimum absolute atomic E-state index is 0.268. The highest BCUT2D eigenvalue weighted by Gasteiger charge is 2.04. The van der Waals surface area contributed by atoms with Gasteiger partial charge in [-0.1, -0.05) is 17.5 Å². The van der Waals surface area contributed by atoms with Gasteiger partial charge in [0.05, 0.1) is 0 Å². The standard InChI is InChI=1S/C17H11ClFN3/c1-12-21-15(5-2-13-8-9-20-17(18)10-13)11-22(12)16-6-3-14(19)4-7-16/h3-4,6-11H,1H3. The highest BCUT2D eigenvalue weighted by Crippen LogP contribution is 2.13. The number of nitrogens with zero attached hydrogens (tertiary/aromatic N) is 3. The van der Waals surface area contributed by atoms with E-state index < -0.39 is 0 Å². The molecule has 2 heterocycles. The smallest absolute Gasteiger partial charge is 0.132 e. The van der Waals surface area contributed by atoms with E-state index in [4.69, 9.17) is 11.6 Å². The zero-order valence-electron chi connectivity index (χ0n) is 11.7. The van der Waals surface area contributed by atoms with E-state index in [1.165, 1.54) is 12.1 Å². The lowest BCUT2D eigenvalue weighted by Gasteiger charge is -2.03. The summed E-state index contributed by atoms with van der Waals surface area (Å²) in [5, 5.41) is 0.403. The Kier molecular flexibility index (Phi) is 3.90. The second-order valence-electron chi connectivity index (χ2n) is 4.64. The zero-order chi connectivity index (χ0) is 15.5. The van der Waals surface area contributed by atoms with E-state index in [0.717, 1.165) is 17.1 Å². The van der Waals surface area contributed by atoms with E-state index in [9.17, 15) is 4.39 Å². The molecule has 22 heavy (non-hydrogen) atoms. The van der Waals surface area contributed by atoms with Crippen LogP contribution in [0.3, 0.4) is 0 Å². The van der Waals surface area contributed by atoms with Crippen molar-refractivity contribution in [1.82, 2.24) is 14.5 Å². The summed E-state index contributed by atoms with van der Waals surface area (Å²) in [6.07, 6.45) is 3.42. The highest BCUT2D eigenvalue weighted by molar-refractivity contribution is 6.29. The molecule has 0 aliphatic carbocycles. The molecule has 3 rings (SSSR count). The Balaban J connectivity index is 1.91. The highest BCUT2D eigenvalue weighted by atomic mass is 35.5. The van der Waals surface area contributed by atoms with Crippen molar-refractivity contribution in [3.8, 4) is 17.5 Å². The first-order valence-corrected chi connectivity index (χ1v) is 6.95. The Morgan fingerprint density at radius 3 is 2.64 bits per heavy atom. The van der Waals surface area contributed by atoms with Gasteiger partial charge in [0.1, 0.15) is 22.5 Å². The van der Waals surface area contributed by atoms with Crippen molar-refractivity contribution >= 4 is 11.6 Å². The molecule has 0 N–H and O–H groups in total.